The van der Waals surface area contributed by atoms with Crippen LogP contribution in [0.5, 0.6) is 0 Å². The normalized spacial score (nSPS) is 42.5. The number of esters is 1. The number of hydrogen-bond donors (Lipinski definition) is 2. The number of carbonyl (C=O) groups is 3. The van der Waals surface area contributed by atoms with Crippen molar-refractivity contribution in [2.75, 3.05) is 6.54 Å². The third-order valence-corrected chi connectivity index (χ3v) is 20.3. The van der Waals surface area contributed by atoms with E-state index in [4.69, 9.17) is 21.3 Å². The van der Waals surface area contributed by atoms with Crippen LogP contribution >= 0.6 is 11.6 Å². The van der Waals surface area contributed by atoms with E-state index in [1.165, 1.54) is 12.0 Å². The Morgan fingerprint density at radius 2 is 1.65 bits per heavy atom. The van der Waals surface area contributed by atoms with Crippen molar-refractivity contribution in [1.82, 2.24) is 14.9 Å². The van der Waals surface area contributed by atoms with Gasteiger partial charge in [0.25, 0.3) is 0 Å². The van der Waals surface area contributed by atoms with Gasteiger partial charge in [-0.15, -0.1) is 0 Å². The summed E-state index contributed by atoms with van der Waals surface area (Å²) in [4.78, 5) is 51.8. The second-order valence-electron chi connectivity index (χ2n) is 23.0. The number of benzene rings is 1. The highest BCUT2D eigenvalue weighted by atomic mass is 35.5. The molecule has 0 bridgehead atoms. The number of hydrogen-bond acceptors (Lipinski definition) is 5. The summed E-state index contributed by atoms with van der Waals surface area (Å²) < 4.78 is 6.47. The van der Waals surface area contributed by atoms with Crippen molar-refractivity contribution >= 4 is 29.4 Å². The van der Waals surface area contributed by atoms with Crippen molar-refractivity contribution in [3.8, 4) is 11.3 Å². The van der Waals surface area contributed by atoms with Crippen molar-refractivity contribution in [2.24, 2.45) is 73.9 Å². The number of carboxylic acid groups (broad SMARTS) is 1. The number of fused-ring (bicyclic) bond motifs is 7. The molecule has 9 heteroatoms. The average Bonchev–Trinajstić information content (AvgIpc) is 3.95. The van der Waals surface area contributed by atoms with Crippen molar-refractivity contribution in [3.63, 3.8) is 0 Å². The zero-order valence-corrected chi connectivity index (χ0v) is 38.3. The van der Waals surface area contributed by atoms with Gasteiger partial charge in [-0.25, -0.2) is 4.98 Å². The maximum atomic E-state index is 15.6. The topological polar surface area (TPSA) is 113 Å². The fraction of sp³-hybridized carbons (Fsp3) is 0.725. The smallest absolute Gasteiger partial charge is 0.309 e. The molecule has 60 heavy (non-hydrogen) atoms. The minimum absolute atomic E-state index is 0.0549. The van der Waals surface area contributed by atoms with Gasteiger partial charge in [-0.2, -0.15) is 0 Å². The van der Waals surface area contributed by atoms with Crippen LogP contribution < -0.4 is 0 Å². The number of rotatable bonds is 7. The number of allylic oxidation sites excluding steroid dienone is 1. The highest BCUT2D eigenvalue weighted by molar-refractivity contribution is 6.30. The highest BCUT2D eigenvalue weighted by Gasteiger charge is 2.72. The first-order valence-corrected chi connectivity index (χ1v) is 23.8. The number of aliphatic carboxylic acids is 1. The first kappa shape index (κ1) is 42.2. The van der Waals surface area contributed by atoms with Gasteiger partial charge in [0, 0.05) is 22.5 Å². The fourth-order valence-corrected chi connectivity index (χ4v) is 16.7. The molecular weight excluding hydrogens is 770 g/mol. The SMILES string of the molecule is C=C(C)[C@@H]1CC[C@]2(C(=O)N3CCC[C@H]3c3ncc(-c4cccc(Cl)c4)[nH]3)CC[C@]3(C)[C@H](CCC4[C@@]5(C)CC[C@H](OC(=O)[C@H]6C[C@@H](C(=O)O)C6(C)C)C(C)(C)C5CC[C@]43C)C12. The van der Waals surface area contributed by atoms with Gasteiger partial charge in [0.05, 0.1) is 35.2 Å². The van der Waals surface area contributed by atoms with Gasteiger partial charge in [-0.1, -0.05) is 84.4 Å². The summed E-state index contributed by atoms with van der Waals surface area (Å²) in [6.45, 7) is 24.0. The lowest BCUT2D eigenvalue weighted by atomic mass is 9.32. The molecule has 1 aromatic carbocycles. The van der Waals surface area contributed by atoms with E-state index >= 15 is 4.79 Å². The number of nitrogens with one attached hydrogen (secondary N) is 1. The first-order valence-electron chi connectivity index (χ1n) is 23.4. The maximum absolute atomic E-state index is 15.6. The van der Waals surface area contributed by atoms with E-state index in [-0.39, 0.29) is 57.0 Å². The Bertz CT molecular complexity index is 2090. The summed E-state index contributed by atoms with van der Waals surface area (Å²) in [7, 11) is 0. The van der Waals surface area contributed by atoms with Crippen LogP contribution in [0.2, 0.25) is 5.02 Å². The third kappa shape index (κ3) is 5.86. The van der Waals surface area contributed by atoms with Gasteiger partial charge in [0.1, 0.15) is 11.9 Å². The Labute approximate surface area is 363 Å². The molecule has 8 nitrogen and oxygen atoms in total. The second-order valence-corrected chi connectivity index (χ2v) is 23.4. The maximum Gasteiger partial charge on any atom is 0.309 e. The number of imidazole rings is 1. The van der Waals surface area contributed by atoms with Crippen LogP contribution in [0.3, 0.4) is 0 Å². The van der Waals surface area contributed by atoms with Crippen LogP contribution in [0.15, 0.2) is 42.6 Å². The zero-order chi connectivity index (χ0) is 42.9. The molecule has 2 N–H and O–H groups in total. The van der Waals surface area contributed by atoms with E-state index < -0.39 is 17.3 Å². The first-order chi connectivity index (χ1) is 28.2. The number of halogens is 1. The largest absolute Gasteiger partial charge is 0.481 e. The lowest BCUT2D eigenvalue weighted by Gasteiger charge is -2.73. The predicted octanol–water partition coefficient (Wildman–Crippen LogP) is 11.7. The third-order valence-electron chi connectivity index (χ3n) is 20.1. The fourth-order valence-electron chi connectivity index (χ4n) is 16.6. The molecule has 13 atom stereocenters. The number of aromatic nitrogens is 2. The van der Waals surface area contributed by atoms with Crippen LogP contribution in [0.25, 0.3) is 11.3 Å². The molecule has 0 spiro atoms. The van der Waals surface area contributed by atoms with Crippen LogP contribution in [0, 0.1) is 73.9 Å². The Morgan fingerprint density at radius 1 is 0.883 bits per heavy atom. The number of carboxylic acids is 1. The number of H-pyrrole nitrogens is 1. The van der Waals surface area contributed by atoms with E-state index in [0.29, 0.717) is 41.0 Å². The Hall–Kier alpha value is -3.13. The van der Waals surface area contributed by atoms with Crippen LogP contribution in [-0.2, 0) is 19.1 Å². The lowest BCUT2D eigenvalue weighted by molar-refractivity contribution is -0.251. The average molecular weight is 841 g/mol. The van der Waals surface area contributed by atoms with Crippen molar-refractivity contribution in [3.05, 3.63) is 53.5 Å². The molecule has 9 rings (SSSR count). The summed E-state index contributed by atoms with van der Waals surface area (Å²) in [5.74, 6) is 1.39. The Morgan fingerprint density at radius 3 is 2.35 bits per heavy atom. The second kappa shape index (κ2) is 14.2. The summed E-state index contributed by atoms with van der Waals surface area (Å²) in [6, 6.07) is 7.79. The summed E-state index contributed by atoms with van der Waals surface area (Å²) >= 11 is 6.35. The number of amides is 1. The molecule has 3 unspecified atom stereocenters. The molecule has 1 amide bonds. The molecular formula is C51H70ClN3O5. The minimum atomic E-state index is -0.820. The molecule has 326 valence electrons. The summed E-state index contributed by atoms with van der Waals surface area (Å²) in [5, 5.41) is 10.4. The molecule has 7 aliphatic rings. The number of aromatic amines is 1. The summed E-state index contributed by atoms with van der Waals surface area (Å²) in [5.41, 5.74) is 2.34. The van der Waals surface area contributed by atoms with Gasteiger partial charge in [-0.05, 0) is 154 Å². The van der Waals surface area contributed by atoms with E-state index in [2.05, 4.69) is 58.0 Å². The molecule has 6 aliphatic carbocycles. The van der Waals surface area contributed by atoms with E-state index in [0.717, 1.165) is 94.3 Å². The number of nitrogens with zero attached hydrogens (tertiary/aromatic N) is 2. The molecule has 1 saturated heterocycles. The molecule has 2 aromatic rings. The lowest BCUT2D eigenvalue weighted by Crippen LogP contribution is -2.67. The van der Waals surface area contributed by atoms with Crippen LogP contribution in [0.1, 0.15) is 151 Å². The molecule has 1 aliphatic heterocycles. The van der Waals surface area contributed by atoms with E-state index in [9.17, 15) is 14.7 Å². The van der Waals surface area contributed by atoms with Crippen molar-refractivity contribution in [1.29, 1.82) is 0 Å². The van der Waals surface area contributed by atoms with E-state index in [1.54, 1.807) is 0 Å². The molecule has 7 fully saturated rings. The number of carbonyl (C=O) groups excluding carboxylic acids is 2. The molecule has 2 heterocycles. The van der Waals surface area contributed by atoms with E-state index in [1.807, 2.05) is 44.3 Å². The van der Waals surface area contributed by atoms with Gasteiger partial charge >= 0.3 is 11.9 Å². The standard InChI is InChI=1S/C51H70ClN3O5/c1-29(2)32-17-22-51(45(59)55-25-11-14-37(55)42-53-28-36(54-42)30-12-10-13-31(52)26-30)24-23-49(8)33(41(32)51)15-16-39-48(7)20-19-40(47(5,6)38(48)18-21-50(39,49)9)60-44(58)35-27-34(43(56)57)46(35,3)4/h10,12-13,26,28,32-35,37-41H,1,11,14-25,27H2,2-9H3,(H,53,54)(H,56,57)/t32-,33+,34-,35+,37-,38?,39?,40-,41?,48-,49+,50+,51-/m0/s1. The molecule has 1 aromatic heterocycles. The predicted molar refractivity (Wildman–Crippen MR) is 235 cm³/mol. The van der Waals surface area contributed by atoms with Gasteiger partial charge in [-0.3, -0.25) is 14.4 Å². The summed E-state index contributed by atoms with van der Waals surface area (Å²) in [6.07, 6.45) is 14.4. The molecule has 6 saturated carbocycles. The van der Waals surface area contributed by atoms with Crippen LogP contribution in [0.4, 0.5) is 0 Å². The van der Waals surface area contributed by atoms with Crippen molar-refractivity contribution in [2.45, 2.75) is 151 Å². The van der Waals surface area contributed by atoms with Crippen LogP contribution in [-0.4, -0.2) is 50.5 Å². The molecule has 0 radical (unpaired) electrons. The number of ether oxygens (including phenoxy) is 1. The van der Waals surface area contributed by atoms with Gasteiger partial charge in [0.15, 0.2) is 0 Å². The highest BCUT2D eigenvalue weighted by Crippen LogP contribution is 2.78. The minimum Gasteiger partial charge on any atom is -0.481 e. The Balaban J connectivity index is 0.967. The number of likely N-dealkylation sites (tertiary alicyclic amines) is 1. The zero-order valence-electron chi connectivity index (χ0n) is 37.5. The van der Waals surface area contributed by atoms with Gasteiger partial charge in [0.2, 0.25) is 5.91 Å². The van der Waals surface area contributed by atoms with Crippen molar-refractivity contribution < 1.29 is 24.2 Å². The monoisotopic (exact) mass is 840 g/mol. The quantitative estimate of drug-likeness (QED) is 0.212. The van der Waals surface area contributed by atoms with Gasteiger partial charge < -0.3 is 19.7 Å². The Kier molecular flexibility index (Phi) is 9.98.